The van der Waals surface area contributed by atoms with Crippen LogP contribution in [0.5, 0.6) is 0 Å². The predicted octanol–water partition coefficient (Wildman–Crippen LogP) is 5.13. The molecule has 25 heavy (non-hydrogen) atoms. The topological polar surface area (TPSA) is 71.1 Å². The van der Waals surface area contributed by atoms with Crippen molar-refractivity contribution in [3.05, 3.63) is 34.4 Å². The minimum atomic E-state index is -1.03. The van der Waals surface area contributed by atoms with Gasteiger partial charge in [-0.1, -0.05) is 43.9 Å². The highest BCUT2D eigenvalue weighted by Crippen LogP contribution is 2.17. The third-order valence-electron chi connectivity index (χ3n) is 3.85. The summed E-state index contributed by atoms with van der Waals surface area (Å²) < 4.78 is 5.00. The van der Waals surface area contributed by atoms with Crippen LogP contribution in [0.15, 0.2) is 12.1 Å². The first-order valence-electron chi connectivity index (χ1n) is 8.69. The third kappa shape index (κ3) is 7.56. The van der Waals surface area contributed by atoms with Gasteiger partial charge >= 0.3 is 12.1 Å². The van der Waals surface area contributed by atoms with Crippen LogP contribution in [-0.4, -0.2) is 18.2 Å². The minimum absolute atomic E-state index is 0.287. The first-order valence-corrected chi connectivity index (χ1v) is 8.69. The van der Waals surface area contributed by atoms with Crippen LogP contribution in [-0.2, 0) is 19.6 Å². The molecule has 0 aliphatic carbocycles. The molecule has 0 spiro atoms. The van der Waals surface area contributed by atoms with E-state index in [-0.39, 0.29) is 6.10 Å². The average Bonchev–Trinajstić information content (AvgIpc) is 2.50. The molecule has 0 aliphatic heterocycles. The lowest BCUT2D eigenvalue weighted by Crippen LogP contribution is -2.18. The Kier molecular flexibility index (Phi) is 8.99. The van der Waals surface area contributed by atoms with Gasteiger partial charge in [0.2, 0.25) is 0 Å². The Bertz CT molecular complexity index is 558. The molecule has 0 saturated heterocycles. The van der Waals surface area contributed by atoms with Crippen molar-refractivity contribution in [2.75, 3.05) is 0 Å². The lowest BCUT2D eigenvalue weighted by molar-refractivity contribution is -0.453. The van der Waals surface area contributed by atoms with E-state index < -0.39 is 12.1 Å². The van der Waals surface area contributed by atoms with Gasteiger partial charge in [-0.15, -0.1) is 0 Å². The van der Waals surface area contributed by atoms with Gasteiger partial charge in [0, 0.05) is 0 Å². The summed E-state index contributed by atoms with van der Waals surface area (Å²) in [6, 6.07) is 3.72. The lowest BCUT2D eigenvalue weighted by atomic mass is 10.0. The van der Waals surface area contributed by atoms with Crippen molar-refractivity contribution in [1.29, 1.82) is 0 Å². The van der Waals surface area contributed by atoms with E-state index in [1.54, 1.807) is 20.8 Å². The van der Waals surface area contributed by atoms with E-state index >= 15 is 0 Å². The van der Waals surface area contributed by atoms with Gasteiger partial charge in [0.1, 0.15) is 6.10 Å². The zero-order valence-corrected chi connectivity index (χ0v) is 15.7. The summed E-state index contributed by atoms with van der Waals surface area (Å²) in [5, 5.41) is 4.27. The Morgan fingerprint density at radius 2 is 1.64 bits per heavy atom. The molecule has 0 bridgehead atoms. The van der Waals surface area contributed by atoms with E-state index in [4.69, 9.17) is 4.74 Å². The average molecular weight is 352 g/mol. The number of carbonyl (C=O) groups excluding carboxylic acids is 2. The van der Waals surface area contributed by atoms with E-state index in [0.29, 0.717) is 5.56 Å². The van der Waals surface area contributed by atoms with Gasteiger partial charge in [-0.25, -0.2) is 14.5 Å². The zero-order chi connectivity index (χ0) is 18.8. The van der Waals surface area contributed by atoms with Gasteiger partial charge < -0.3 is 4.74 Å². The fraction of sp³-hybridized carbons (Fsp3) is 0.579. The molecule has 0 saturated carbocycles. The highest BCUT2D eigenvalue weighted by Gasteiger charge is 2.18. The number of carbonyl (C=O) groups is 2. The molecule has 0 aliphatic rings. The van der Waals surface area contributed by atoms with Gasteiger partial charge in [-0.3, -0.25) is 4.89 Å². The van der Waals surface area contributed by atoms with Gasteiger partial charge in [0.05, 0.1) is 10.6 Å². The summed E-state index contributed by atoms with van der Waals surface area (Å²) in [7, 11) is 0. The van der Waals surface area contributed by atoms with Crippen molar-refractivity contribution < 1.29 is 29.1 Å². The van der Waals surface area contributed by atoms with E-state index in [9.17, 15) is 9.59 Å². The van der Waals surface area contributed by atoms with Gasteiger partial charge in [-0.2, -0.15) is 0 Å². The monoisotopic (exact) mass is 352 g/mol. The highest BCUT2D eigenvalue weighted by molar-refractivity contribution is 5.92. The second kappa shape index (κ2) is 10.7. The molecular weight excluding hydrogens is 324 g/mol. The number of rotatable bonds is 9. The number of hydrogen-bond acceptors (Lipinski definition) is 6. The SMILES string of the molecule is CCCCCCC(C)OC(=O)OOOC(=O)c1c(C)cc(C)cc1C. The minimum Gasteiger partial charge on any atom is -0.429 e. The van der Waals surface area contributed by atoms with Crippen molar-refractivity contribution in [2.45, 2.75) is 72.8 Å². The van der Waals surface area contributed by atoms with E-state index in [2.05, 4.69) is 21.7 Å². The molecule has 0 N–H and O–H groups in total. The van der Waals surface area contributed by atoms with E-state index in [0.717, 1.165) is 48.8 Å². The van der Waals surface area contributed by atoms with Crippen LogP contribution >= 0.6 is 0 Å². The molecule has 6 heteroatoms. The van der Waals surface area contributed by atoms with Crippen LogP contribution < -0.4 is 0 Å². The normalized spacial score (nSPS) is 11.7. The van der Waals surface area contributed by atoms with Crippen LogP contribution in [0.2, 0.25) is 0 Å². The van der Waals surface area contributed by atoms with Crippen LogP contribution in [0.3, 0.4) is 0 Å². The van der Waals surface area contributed by atoms with Crippen LogP contribution in [0.1, 0.15) is 73.0 Å². The Morgan fingerprint density at radius 3 is 2.24 bits per heavy atom. The summed E-state index contributed by atoms with van der Waals surface area (Å²) in [6.07, 6.45) is 3.81. The van der Waals surface area contributed by atoms with Crippen LogP contribution in [0, 0.1) is 20.8 Å². The van der Waals surface area contributed by atoms with Crippen molar-refractivity contribution in [3.8, 4) is 0 Å². The van der Waals surface area contributed by atoms with Gasteiger partial charge in [0.25, 0.3) is 0 Å². The maximum absolute atomic E-state index is 12.0. The molecule has 140 valence electrons. The number of aryl methyl sites for hydroxylation is 3. The molecule has 0 heterocycles. The summed E-state index contributed by atoms with van der Waals surface area (Å²) in [5.74, 6) is -0.726. The molecule has 1 aromatic carbocycles. The largest absolute Gasteiger partial charge is 0.543 e. The first kappa shape index (κ1) is 21.0. The molecule has 0 amide bonds. The fourth-order valence-electron chi connectivity index (χ4n) is 2.72. The molecule has 1 rings (SSSR count). The van der Waals surface area contributed by atoms with Crippen molar-refractivity contribution in [2.24, 2.45) is 0 Å². The quantitative estimate of drug-likeness (QED) is 0.266. The second-order valence-corrected chi connectivity index (χ2v) is 6.32. The number of unbranched alkanes of at least 4 members (excludes halogenated alkanes) is 3. The Balaban J connectivity index is 2.34. The lowest BCUT2D eigenvalue weighted by Gasteiger charge is -2.12. The summed E-state index contributed by atoms with van der Waals surface area (Å²) in [4.78, 5) is 32.4. The molecule has 1 unspecified atom stereocenters. The Hall–Kier alpha value is -2.08. The number of hydrogen-bond donors (Lipinski definition) is 0. The second-order valence-electron chi connectivity index (χ2n) is 6.32. The van der Waals surface area contributed by atoms with E-state index in [1.807, 2.05) is 19.1 Å². The summed E-state index contributed by atoms with van der Waals surface area (Å²) >= 11 is 0. The zero-order valence-electron chi connectivity index (χ0n) is 15.7. The smallest absolute Gasteiger partial charge is 0.429 e. The Labute approximate surface area is 149 Å². The third-order valence-corrected chi connectivity index (χ3v) is 3.85. The number of ether oxygens (including phenoxy) is 1. The Morgan fingerprint density at radius 1 is 1.00 bits per heavy atom. The maximum Gasteiger partial charge on any atom is 0.543 e. The highest BCUT2D eigenvalue weighted by atomic mass is 17.5. The standard InChI is InChI=1S/C19H28O6/c1-6-7-8-9-10-16(5)22-19(21)24-25-23-18(20)17-14(3)11-13(2)12-15(17)4/h11-12,16H,6-10H2,1-5H3. The van der Waals surface area contributed by atoms with Crippen molar-refractivity contribution >= 4 is 12.1 Å². The molecule has 1 aromatic rings. The molecule has 1 atom stereocenters. The van der Waals surface area contributed by atoms with Gasteiger partial charge in [0.15, 0.2) is 0 Å². The molecule has 0 radical (unpaired) electrons. The van der Waals surface area contributed by atoms with Crippen molar-refractivity contribution in [1.82, 2.24) is 0 Å². The molecule has 0 fully saturated rings. The van der Waals surface area contributed by atoms with Crippen LogP contribution in [0.4, 0.5) is 4.79 Å². The summed E-state index contributed by atoms with van der Waals surface area (Å²) in [5.41, 5.74) is 2.94. The fourth-order valence-corrected chi connectivity index (χ4v) is 2.72. The first-order chi connectivity index (χ1) is 11.8. The van der Waals surface area contributed by atoms with Crippen LogP contribution in [0.25, 0.3) is 0 Å². The predicted molar refractivity (Wildman–Crippen MR) is 92.9 cm³/mol. The van der Waals surface area contributed by atoms with E-state index in [1.165, 1.54) is 0 Å². The molecule has 6 nitrogen and oxygen atoms in total. The number of benzene rings is 1. The molecular formula is C19H28O6. The maximum atomic E-state index is 12.0. The van der Waals surface area contributed by atoms with Gasteiger partial charge in [-0.05, 0) is 51.7 Å². The van der Waals surface area contributed by atoms with Crippen molar-refractivity contribution in [3.63, 3.8) is 0 Å². The molecule has 0 aromatic heterocycles. The summed E-state index contributed by atoms with van der Waals surface area (Å²) in [6.45, 7) is 9.44.